The van der Waals surface area contributed by atoms with Gasteiger partial charge in [0.25, 0.3) is 0 Å². The normalized spacial score (nSPS) is 10.8. The molecule has 0 atom stereocenters. The van der Waals surface area contributed by atoms with Gasteiger partial charge < -0.3 is 10.3 Å². The Morgan fingerprint density at radius 1 is 1.30 bits per heavy atom. The molecule has 2 N–H and O–H groups in total. The van der Waals surface area contributed by atoms with E-state index in [2.05, 4.69) is 10.4 Å². The number of rotatable bonds is 3. The lowest BCUT2D eigenvalue weighted by atomic mass is 10.0. The minimum atomic E-state index is -0.575. The van der Waals surface area contributed by atoms with Crippen molar-refractivity contribution < 1.29 is 9.45 Å². The Balaban J connectivity index is 2.16. The monoisotopic (exact) mass is 270 g/mol. The van der Waals surface area contributed by atoms with Crippen LogP contribution in [-0.4, -0.2) is 15.3 Å². The molecule has 7 heteroatoms. The molecule has 0 aliphatic carbocycles. The fraction of sp³-hybridized carbons (Fsp3) is 0.0769. The minimum Gasteiger partial charge on any atom is -0.393 e. The molecular weight excluding hydrogens is 260 g/mol. The minimum absolute atomic E-state index is 0.0594. The summed E-state index contributed by atoms with van der Waals surface area (Å²) in [6.07, 6.45) is 0.538. The summed E-state index contributed by atoms with van der Waals surface area (Å²) in [6.45, 7) is 0. The van der Waals surface area contributed by atoms with Crippen LogP contribution in [0.3, 0.4) is 0 Å². The van der Waals surface area contributed by atoms with Crippen LogP contribution in [0.15, 0.2) is 40.9 Å². The second-order valence-electron chi connectivity index (χ2n) is 4.34. The fourth-order valence-electron chi connectivity index (χ4n) is 2.15. The van der Waals surface area contributed by atoms with E-state index in [0.29, 0.717) is 12.0 Å². The van der Waals surface area contributed by atoms with Crippen LogP contribution in [0, 0.1) is 10.1 Å². The van der Waals surface area contributed by atoms with Gasteiger partial charge in [-0.2, -0.15) is 0 Å². The van der Waals surface area contributed by atoms with Gasteiger partial charge >= 0.3 is 5.69 Å². The first-order valence-corrected chi connectivity index (χ1v) is 5.88. The van der Waals surface area contributed by atoms with E-state index in [1.165, 1.54) is 0 Å². The highest BCUT2D eigenvalue weighted by atomic mass is 16.6. The Hall–Kier alpha value is -2.96. The molecule has 3 aromatic rings. The van der Waals surface area contributed by atoms with Gasteiger partial charge in [-0.3, -0.25) is 10.1 Å². The van der Waals surface area contributed by atoms with E-state index in [4.69, 9.17) is 10.3 Å². The second kappa shape index (κ2) is 4.61. The molecule has 0 saturated heterocycles. The molecule has 0 unspecified atom stereocenters. The average molecular weight is 270 g/mol. The quantitative estimate of drug-likeness (QED) is 0.444. The molecule has 0 aliphatic heterocycles. The van der Waals surface area contributed by atoms with Gasteiger partial charge in [0.05, 0.1) is 4.92 Å². The molecule has 0 spiro atoms. The summed E-state index contributed by atoms with van der Waals surface area (Å²) >= 11 is 0. The molecule has 0 saturated carbocycles. The van der Waals surface area contributed by atoms with Crippen molar-refractivity contribution in [1.82, 2.24) is 10.4 Å². The van der Waals surface area contributed by atoms with Crippen LogP contribution in [0.2, 0.25) is 0 Å². The first-order chi connectivity index (χ1) is 9.66. The van der Waals surface area contributed by atoms with Gasteiger partial charge in [0, 0.05) is 17.3 Å². The van der Waals surface area contributed by atoms with E-state index < -0.39 is 4.92 Å². The molecule has 1 aromatic heterocycles. The summed E-state index contributed by atoms with van der Waals surface area (Å²) in [4.78, 5) is 10.4. The highest BCUT2D eigenvalue weighted by Crippen LogP contribution is 2.33. The number of nitrogen functional groups attached to an aromatic ring is 1. The van der Waals surface area contributed by atoms with Crippen LogP contribution < -0.4 is 5.73 Å². The molecule has 100 valence electrons. The van der Waals surface area contributed by atoms with Crippen LogP contribution in [0.4, 0.5) is 11.4 Å². The third kappa shape index (κ3) is 1.95. The summed E-state index contributed by atoms with van der Waals surface area (Å²) in [6, 6.07) is 11.2. The van der Waals surface area contributed by atoms with Crippen molar-refractivity contribution >= 4 is 22.5 Å². The molecule has 2 aromatic carbocycles. The molecule has 0 bridgehead atoms. The lowest BCUT2D eigenvalue weighted by molar-refractivity contribution is -0.382. The number of nitro benzene ring substituents is 1. The Morgan fingerprint density at radius 3 is 2.75 bits per heavy atom. The van der Waals surface area contributed by atoms with Gasteiger partial charge in [-0.1, -0.05) is 30.3 Å². The summed E-state index contributed by atoms with van der Waals surface area (Å²) in [7, 11) is 0. The van der Waals surface area contributed by atoms with Crippen LogP contribution in [0.25, 0.3) is 11.1 Å². The SMILES string of the molecule is Nc1cc(Cc2ccccc2)c2onnc2c1[N+](=O)[O-]. The zero-order valence-corrected chi connectivity index (χ0v) is 10.3. The molecule has 7 nitrogen and oxygen atoms in total. The first kappa shape index (κ1) is 12.1. The Morgan fingerprint density at radius 2 is 2.05 bits per heavy atom. The van der Waals surface area contributed by atoms with E-state index in [1.54, 1.807) is 6.07 Å². The molecule has 3 rings (SSSR count). The zero-order chi connectivity index (χ0) is 14.1. The number of aromatic nitrogens is 2. The van der Waals surface area contributed by atoms with E-state index in [0.717, 1.165) is 11.1 Å². The second-order valence-corrected chi connectivity index (χ2v) is 4.34. The van der Waals surface area contributed by atoms with Gasteiger partial charge in [-0.05, 0) is 11.6 Å². The van der Waals surface area contributed by atoms with Crippen LogP contribution in [0.1, 0.15) is 11.1 Å². The molecule has 0 radical (unpaired) electrons. The van der Waals surface area contributed by atoms with Crippen molar-refractivity contribution in [2.45, 2.75) is 6.42 Å². The van der Waals surface area contributed by atoms with Crippen LogP contribution in [0.5, 0.6) is 0 Å². The third-order valence-corrected chi connectivity index (χ3v) is 3.03. The summed E-state index contributed by atoms with van der Waals surface area (Å²) in [5.41, 5.74) is 7.69. The molecule has 20 heavy (non-hydrogen) atoms. The van der Waals surface area contributed by atoms with Gasteiger partial charge in [0.15, 0.2) is 5.58 Å². The largest absolute Gasteiger partial charge is 0.393 e. The third-order valence-electron chi connectivity index (χ3n) is 3.03. The van der Waals surface area contributed by atoms with Crippen molar-refractivity contribution in [2.24, 2.45) is 0 Å². The number of fused-ring (bicyclic) bond motifs is 1. The maximum absolute atomic E-state index is 11.0. The Bertz CT molecular complexity index is 783. The maximum Gasteiger partial charge on any atom is 0.323 e. The molecule has 0 fully saturated rings. The Kier molecular flexibility index (Phi) is 2.79. The molecule has 1 heterocycles. The summed E-state index contributed by atoms with van der Waals surface area (Å²) in [5, 5.41) is 18.1. The van der Waals surface area contributed by atoms with Crippen LogP contribution >= 0.6 is 0 Å². The lowest BCUT2D eigenvalue weighted by Gasteiger charge is -2.04. The number of nitro groups is 1. The Labute approximate surface area is 113 Å². The standard InChI is InChI=1S/C13H10N4O3/c14-10-7-9(6-8-4-2-1-3-5-8)13-11(15-16-20-13)12(10)17(18)19/h1-5,7H,6,14H2. The van der Waals surface area contributed by atoms with E-state index in [1.807, 2.05) is 30.3 Å². The smallest absolute Gasteiger partial charge is 0.323 e. The van der Waals surface area contributed by atoms with Crippen molar-refractivity contribution in [3.63, 3.8) is 0 Å². The van der Waals surface area contributed by atoms with Crippen LogP contribution in [-0.2, 0) is 6.42 Å². The van der Waals surface area contributed by atoms with Gasteiger partial charge in [-0.15, -0.1) is 5.10 Å². The molecular formula is C13H10N4O3. The number of hydrogen-bond acceptors (Lipinski definition) is 6. The van der Waals surface area contributed by atoms with E-state index in [-0.39, 0.29) is 16.9 Å². The topological polar surface area (TPSA) is 108 Å². The van der Waals surface area contributed by atoms with E-state index >= 15 is 0 Å². The predicted molar refractivity (Wildman–Crippen MR) is 72.1 cm³/mol. The molecule has 0 amide bonds. The number of benzene rings is 2. The van der Waals surface area contributed by atoms with Crippen molar-refractivity contribution in [1.29, 1.82) is 0 Å². The highest BCUT2D eigenvalue weighted by Gasteiger charge is 2.24. The maximum atomic E-state index is 11.0. The summed E-state index contributed by atoms with van der Waals surface area (Å²) in [5.74, 6) is 0. The fourth-order valence-corrected chi connectivity index (χ4v) is 2.15. The number of anilines is 1. The van der Waals surface area contributed by atoms with Crippen molar-refractivity contribution in [3.05, 3.63) is 57.6 Å². The average Bonchev–Trinajstić information content (AvgIpc) is 2.88. The van der Waals surface area contributed by atoms with Gasteiger partial charge in [-0.25, -0.2) is 0 Å². The lowest BCUT2D eigenvalue weighted by Crippen LogP contribution is -1.99. The van der Waals surface area contributed by atoms with Gasteiger partial charge in [0.2, 0.25) is 5.52 Å². The van der Waals surface area contributed by atoms with Crippen molar-refractivity contribution in [2.75, 3.05) is 5.73 Å². The van der Waals surface area contributed by atoms with Crippen molar-refractivity contribution in [3.8, 4) is 0 Å². The van der Waals surface area contributed by atoms with Gasteiger partial charge in [0.1, 0.15) is 5.69 Å². The predicted octanol–water partition coefficient (Wildman–Crippen LogP) is 2.30. The van der Waals surface area contributed by atoms with E-state index in [9.17, 15) is 10.1 Å². The number of nitrogens with two attached hydrogens (primary N) is 1. The number of nitrogens with zero attached hydrogens (tertiary/aromatic N) is 3. The number of hydrogen-bond donors (Lipinski definition) is 1. The molecule has 0 aliphatic rings. The first-order valence-electron chi connectivity index (χ1n) is 5.88. The summed E-state index contributed by atoms with van der Waals surface area (Å²) < 4.78 is 5.05. The highest BCUT2D eigenvalue weighted by molar-refractivity contribution is 5.91. The zero-order valence-electron chi connectivity index (χ0n) is 10.3.